The predicted octanol–water partition coefficient (Wildman–Crippen LogP) is 1.91. The summed E-state index contributed by atoms with van der Waals surface area (Å²) < 4.78 is 15.6. The Hall–Kier alpha value is -2.90. The smallest absolute Gasteiger partial charge is 0.246 e. The number of benzene rings is 1. The van der Waals surface area contributed by atoms with Crippen molar-refractivity contribution < 1.29 is 33.7 Å². The molecule has 3 N–H and O–H groups in total. The maximum Gasteiger partial charge on any atom is 0.246 e. The van der Waals surface area contributed by atoms with Crippen LogP contribution in [-0.2, 0) is 35.1 Å². The molecule has 1 unspecified atom stereocenters. The molecule has 0 spiro atoms. The third-order valence-corrected chi connectivity index (χ3v) is 7.73. The highest BCUT2D eigenvalue weighted by Gasteiger charge is 2.44. The van der Waals surface area contributed by atoms with E-state index in [1.165, 1.54) is 4.90 Å². The second-order valence-corrected chi connectivity index (χ2v) is 12.0. The molecule has 1 saturated heterocycles. The molecule has 0 aliphatic carbocycles. The molecule has 2 heterocycles. The van der Waals surface area contributed by atoms with E-state index in [-0.39, 0.29) is 38.6 Å². The van der Waals surface area contributed by atoms with E-state index in [1.807, 2.05) is 57.5 Å². The molecule has 1 fully saturated rings. The average molecular weight is 591 g/mol. The van der Waals surface area contributed by atoms with Crippen molar-refractivity contribution in [3.8, 4) is 10.4 Å². The number of β-amino-alcohol motifs (C(OH)–C–C–N with tert-alkyl or cyclic N) is 1. The highest BCUT2D eigenvalue weighted by Crippen LogP contribution is 2.28. The Morgan fingerprint density at radius 1 is 1.12 bits per heavy atom. The van der Waals surface area contributed by atoms with Crippen LogP contribution in [0.15, 0.2) is 29.8 Å². The molecule has 1 aliphatic heterocycles. The molecular formula is C29H42N4O7S. The van der Waals surface area contributed by atoms with Gasteiger partial charge >= 0.3 is 0 Å². The van der Waals surface area contributed by atoms with Crippen LogP contribution in [0.4, 0.5) is 0 Å². The summed E-state index contributed by atoms with van der Waals surface area (Å²) in [6, 6.07) is 6.11. The van der Waals surface area contributed by atoms with Gasteiger partial charge in [0.2, 0.25) is 17.7 Å². The fraction of sp³-hybridized carbons (Fsp3) is 0.586. The lowest BCUT2D eigenvalue weighted by Crippen LogP contribution is -2.58. The maximum absolute atomic E-state index is 13.7. The van der Waals surface area contributed by atoms with Crippen LogP contribution in [0.3, 0.4) is 0 Å². The molecule has 2 aromatic rings. The first-order chi connectivity index (χ1) is 19.5. The van der Waals surface area contributed by atoms with E-state index in [0.717, 1.165) is 21.7 Å². The van der Waals surface area contributed by atoms with Crippen molar-refractivity contribution in [3.63, 3.8) is 0 Å². The van der Waals surface area contributed by atoms with E-state index >= 15 is 0 Å². The largest absolute Gasteiger partial charge is 0.391 e. The molecule has 0 saturated carbocycles. The second kappa shape index (κ2) is 15.4. The van der Waals surface area contributed by atoms with Crippen LogP contribution in [0.5, 0.6) is 0 Å². The number of aliphatic hydroxyl groups is 1. The van der Waals surface area contributed by atoms with E-state index in [9.17, 15) is 19.5 Å². The van der Waals surface area contributed by atoms with E-state index < -0.39 is 35.4 Å². The predicted molar refractivity (Wildman–Crippen MR) is 155 cm³/mol. The Morgan fingerprint density at radius 2 is 1.80 bits per heavy atom. The zero-order valence-corrected chi connectivity index (χ0v) is 25.3. The van der Waals surface area contributed by atoms with Crippen molar-refractivity contribution in [2.75, 3.05) is 46.7 Å². The van der Waals surface area contributed by atoms with Gasteiger partial charge in [0, 0.05) is 26.6 Å². The number of carbonyl (C=O) groups is 3. The molecule has 41 heavy (non-hydrogen) atoms. The van der Waals surface area contributed by atoms with Gasteiger partial charge in [-0.05, 0) is 23.5 Å². The van der Waals surface area contributed by atoms with Gasteiger partial charge in [-0.2, -0.15) is 0 Å². The van der Waals surface area contributed by atoms with Crippen molar-refractivity contribution in [1.29, 1.82) is 0 Å². The fourth-order valence-corrected chi connectivity index (χ4v) is 5.32. The second-order valence-electron chi connectivity index (χ2n) is 11.1. The first-order valence-corrected chi connectivity index (χ1v) is 14.6. The van der Waals surface area contributed by atoms with E-state index in [4.69, 9.17) is 14.2 Å². The summed E-state index contributed by atoms with van der Waals surface area (Å²) in [5, 5.41) is 16.0. The summed E-state index contributed by atoms with van der Waals surface area (Å²) in [5.41, 5.74) is 4.11. The lowest BCUT2D eigenvalue weighted by molar-refractivity contribution is -0.144. The zero-order chi connectivity index (χ0) is 30.0. The van der Waals surface area contributed by atoms with Gasteiger partial charge in [0.15, 0.2) is 0 Å². The lowest BCUT2D eigenvalue weighted by Gasteiger charge is -2.35. The highest BCUT2D eigenvalue weighted by atomic mass is 32.1. The summed E-state index contributed by atoms with van der Waals surface area (Å²) >= 11 is 1.58. The van der Waals surface area contributed by atoms with E-state index in [0.29, 0.717) is 19.8 Å². The number of aromatic nitrogens is 1. The Morgan fingerprint density at radius 3 is 2.44 bits per heavy atom. The quantitative estimate of drug-likeness (QED) is 0.284. The summed E-state index contributed by atoms with van der Waals surface area (Å²) in [4.78, 5) is 46.2. The van der Waals surface area contributed by atoms with Gasteiger partial charge in [-0.1, -0.05) is 45.0 Å². The normalized spacial score (nSPS) is 17.9. The number of aliphatic hydroxyl groups excluding tert-OH is 1. The Kier molecular flexibility index (Phi) is 12.2. The molecule has 3 rings (SSSR count). The number of thiazole rings is 1. The number of hydrogen-bond donors (Lipinski definition) is 3. The number of hydrogen-bond acceptors (Lipinski definition) is 9. The van der Waals surface area contributed by atoms with Gasteiger partial charge in [0.25, 0.3) is 0 Å². The number of methoxy groups -OCH3 is 1. The molecule has 3 amide bonds. The van der Waals surface area contributed by atoms with Crippen LogP contribution < -0.4 is 10.6 Å². The molecule has 226 valence electrons. The van der Waals surface area contributed by atoms with Gasteiger partial charge in [-0.3, -0.25) is 14.4 Å². The lowest BCUT2D eigenvalue weighted by atomic mass is 9.85. The number of nitrogens with one attached hydrogen (secondary N) is 2. The number of likely N-dealkylation sites (tertiary alicyclic amines) is 1. The zero-order valence-electron chi connectivity index (χ0n) is 24.5. The number of ether oxygens (including phenoxy) is 3. The van der Waals surface area contributed by atoms with Gasteiger partial charge < -0.3 is 34.9 Å². The van der Waals surface area contributed by atoms with Crippen molar-refractivity contribution >= 4 is 29.1 Å². The Bertz CT molecular complexity index is 1150. The SMILES string of the molecule is COCCOCCOCC(=O)NC(C(=O)N1C[C@H](O)C[C@H]1C(=O)NCc1ccc(-c2scnc2C)cc1)C(C)(C)C. The van der Waals surface area contributed by atoms with Crippen molar-refractivity contribution in [2.24, 2.45) is 5.41 Å². The summed E-state index contributed by atoms with van der Waals surface area (Å²) in [6.45, 7) is 8.97. The highest BCUT2D eigenvalue weighted by molar-refractivity contribution is 7.13. The topological polar surface area (TPSA) is 139 Å². The monoisotopic (exact) mass is 590 g/mol. The van der Waals surface area contributed by atoms with Gasteiger partial charge in [-0.15, -0.1) is 11.3 Å². The number of nitrogens with zero attached hydrogens (tertiary/aromatic N) is 2. The van der Waals surface area contributed by atoms with Gasteiger partial charge in [-0.25, -0.2) is 4.98 Å². The maximum atomic E-state index is 13.7. The van der Waals surface area contributed by atoms with Crippen LogP contribution in [0, 0.1) is 12.3 Å². The van der Waals surface area contributed by atoms with Gasteiger partial charge in [0.1, 0.15) is 18.7 Å². The number of carbonyl (C=O) groups excluding carboxylic acids is 3. The Balaban J connectivity index is 1.57. The first kappa shape index (κ1) is 32.6. The molecule has 0 bridgehead atoms. The summed E-state index contributed by atoms with van der Waals surface area (Å²) in [5.74, 6) is -1.23. The third-order valence-electron chi connectivity index (χ3n) is 6.75. The molecule has 1 aliphatic rings. The average Bonchev–Trinajstić information content (AvgIpc) is 3.54. The van der Waals surface area contributed by atoms with Crippen molar-refractivity contribution in [1.82, 2.24) is 20.5 Å². The molecule has 0 radical (unpaired) electrons. The minimum atomic E-state index is -0.917. The van der Waals surface area contributed by atoms with Crippen LogP contribution in [0.1, 0.15) is 38.4 Å². The standard InChI is InChI=1S/C29H42N4O7S/c1-19-25(41-18-31-19)21-8-6-20(7-9-21)15-30-27(36)23-14-22(34)16-33(23)28(37)26(29(2,3)4)32-24(35)17-40-13-12-39-11-10-38-5/h6-9,18,22-23,26,34H,10-17H2,1-5H3,(H,30,36)(H,32,35)/t22-,23+,26?/m1/s1. The minimum Gasteiger partial charge on any atom is -0.391 e. The number of rotatable bonds is 14. The molecule has 3 atom stereocenters. The van der Waals surface area contributed by atoms with Crippen molar-refractivity contribution in [2.45, 2.75) is 58.8 Å². The fourth-order valence-electron chi connectivity index (χ4n) is 4.51. The summed E-state index contributed by atoms with van der Waals surface area (Å²) in [7, 11) is 1.58. The van der Waals surface area contributed by atoms with Crippen LogP contribution in [-0.4, -0.2) is 97.6 Å². The van der Waals surface area contributed by atoms with Crippen LogP contribution >= 0.6 is 11.3 Å². The van der Waals surface area contributed by atoms with Crippen LogP contribution in [0.2, 0.25) is 0 Å². The molecule has 1 aromatic heterocycles. The molecule has 1 aromatic carbocycles. The molecular weight excluding hydrogens is 548 g/mol. The van der Waals surface area contributed by atoms with E-state index in [1.54, 1.807) is 18.4 Å². The van der Waals surface area contributed by atoms with Gasteiger partial charge in [0.05, 0.1) is 48.6 Å². The number of amides is 3. The minimum absolute atomic E-state index is 0.0115. The first-order valence-electron chi connectivity index (χ1n) is 13.7. The molecule has 12 heteroatoms. The molecule has 11 nitrogen and oxygen atoms in total. The van der Waals surface area contributed by atoms with Crippen molar-refractivity contribution in [3.05, 3.63) is 41.0 Å². The van der Waals surface area contributed by atoms with E-state index in [2.05, 4.69) is 15.6 Å². The van der Waals surface area contributed by atoms with Crippen LogP contribution in [0.25, 0.3) is 10.4 Å². The third kappa shape index (κ3) is 9.57. The summed E-state index contributed by atoms with van der Waals surface area (Å²) in [6.07, 6.45) is -0.715. The Labute approximate surface area is 245 Å². The number of aryl methyl sites for hydroxylation is 1.